The summed E-state index contributed by atoms with van der Waals surface area (Å²) >= 11 is 0. The number of phenols is 1. The number of phenolic OH excluding ortho intramolecular Hbond substituents is 1. The summed E-state index contributed by atoms with van der Waals surface area (Å²) in [6.07, 6.45) is 2.57. The van der Waals surface area contributed by atoms with Crippen LogP contribution in [0.5, 0.6) is 11.5 Å². The van der Waals surface area contributed by atoms with E-state index in [9.17, 15) is 5.11 Å². The lowest BCUT2D eigenvalue weighted by Gasteiger charge is -2.26. The van der Waals surface area contributed by atoms with Crippen molar-refractivity contribution in [3.05, 3.63) is 59.7 Å². The third kappa shape index (κ3) is 4.49. The molecule has 1 unspecified atom stereocenters. The minimum Gasteiger partial charge on any atom is -0.508 e. The van der Waals surface area contributed by atoms with Gasteiger partial charge < -0.3 is 14.6 Å². The highest BCUT2D eigenvalue weighted by Crippen LogP contribution is 2.23. The van der Waals surface area contributed by atoms with E-state index < -0.39 is 0 Å². The van der Waals surface area contributed by atoms with E-state index >= 15 is 0 Å². The highest BCUT2D eigenvalue weighted by molar-refractivity contribution is 5.33. The number of hydrogen-bond donors (Lipinski definition) is 1. The first kappa shape index (κ1) is 16.8. The Morgan fingerprint density at radius 3 is 2.62 bits per heavy atom. The predicted octanol–water partition coefficient (Wildman–Crippen LogP) is 3.58. The number of ether oxygens (including phenoxy) is 2. The molecule has 2 aromatic rings. The molecule has 0 amide bonds. The molecule has 0 aliphatic carbocycles. The van der Waals surface area contributed by atoms with Crippen molar-refractivity contribution in [3.63, 3.8) is 0 Å². The summed E-state index contributed by atoms with van der Waals surface area (Å²) in [4.78, 5) is 2.39. The summed E-state index contributed by atoms with van der Waals surface area (Å²) in [5, 5.41) is 9.47. The van der Waals surface area contributed by atoms with Crippen molar-refractivity contribution in [1.29, 1.82) is 0 Å². The van der Waals surface area contributed by atoms with Crippen LogP contribution in [-0.2, 0) is 17.8 Å². The van der Waals surface area contributed by atoms with Gasteiger partial charge in [0.15, 0.2) is 0 Å². The first-order chi connectivity index (χ1) is 11.7. The maximum Gasteiger partial charge on any atom is 0.123 e. The van der Waals surface area contributed by atoms with Gasteiger partial charge in [0.25, 0.3) is 0 Å². The van der Waals surface area contributed by atoms with Gasteiger partial charge in [-0.2, -0.15) is 0 Å². The number of benzene rings is 2. The van der Waals surface area contributed by atoms with Crippen molar-refractivity contribution in [1.82, 2.24) is 4.90 Å². The number of para-hydroxylation sites is 1. The summed E-state index contributed by atoms with van der Waals surface area (Å²) in [5.41, 5.74) is 2.36. The summed E-state index contributed by atoms with van der Waals surface area (Å²) in [5.74, 6) is 1.22. The molecule has 0 saturated carbocycles. The first-order valence-electron chi connectivity index (χ1n) is 8.48. The lowest BCUT2D eigenvalue weighted by molar-refractivity contribution is 0.0676. The lowest BCUT2D eigenvalue weighted by atomic mass is 10.1. The van der Waals surface area contributed by atoms with E-state index in [1.165, 1.54) is 11.1 Å². The second-order valence-electron chi connectivity index (χ2n) is 6.28. The van der Waals surface area contributed by atoms with Crippen molar-refractivity contribution < 1.29 is 14.6 Å². The predicted molar refractivity (Wildman–Crippen MR) is 94.2 cm³/mol. The number of methoxy groups -OCH3 is 1. The molecule has 1 aliphatic rings. The second kappa shape index (κ2) is 8.18. The largest absolute Gasteiger partial charge is 0.508 e. The normalized spacial score (nSPS) is 17.3. The summed E-state index contributed by atoms with van der Waals surface area (Å²) < 4.78 is 11.3. The average Bonchev–Trinajstić information content (AvgIpc) is 3.10. The van der Waals surface area contributed by atoms with Crippen LogP contribution in [0.4, 0.5) is 0 Å². The van der Waals surface area contributed by atoms with Gasteiger partial charge in [-0.25, -0.2) is 0 Å². The standard InChI is InChI=1S/C20H25NO3/c1-23-20-7-3-2-5-17(20)14-21(15-19-6-4-12-24-19)13-16-8-10-18(22)11-9-16/h2-3,5,7-11,19,22H,4,6,12-15H2,1H3. The third-order valence-corrected chi connectivity index (χ3v) is 4.41. The number of hydrogen-bond acceptors (Lipinski definition) is 4. The van der Waals surface area contributed by atoms with Crippen molar-refractivity contribution in [2.45, 2.75) is 32.0 Å². The molecule has 3 rings (SSSR count). The van der Waals surface area contributed by atoms with E-state index in [4.69, 9.17) is 9.47 Å². The molecule has 24 heavy (non-hydrogen) atoms. The molecule has 128 valence electrons. The van der Waals surface area contributed by atoms with Crippen LogP contribution < -0.4 is 4.74 Å². The van der Waals surface area contributed by atoms with Gasteiger partial charge in [0.05, 0.1) is 13.2 Å². The van der Waals surface area contributed by atoms with Crippen LogP contribution in [0.2, 0.25) is 0 Å². The van der Waals surface area contributed by atoms with Crippen LogP contribution in [0.25, 0.3) is 0 Å². The highest BCUT2D eigenvalue weighted by Gasteiger charge is 2.20. The molecule has 0 aromatic heterocycles. The molecular weight excluding hydrogens is 302 g/mol. The molecule has 0 radical (unpaired) electrons. The van der Waals surface area contributed by atoms with Gasteiger partial charge in [0, 0.05) is 31.8 Å². The molecule has 1 N–H and O–H groups in total. The molecule has 1 heterocycles. The Bertz CT molecular complexity index is 636. The van der Waals surface area contributed by atoms with Crippen molar-refractivity contribution >= 4 is 0 Å². The Labute approximate surface area is 143 Å². The second-order valence-corrected chi connectivity index (χ2v) is 6.28. The molecule has 2 aromatic carbocycles. The van der Waals surface area contributed by atoms with Gasteiger partial charge >= 0.3 is 0 Å². The van der Waals surface area contributed by atoms with Crippen LogP contribution in [0.1, 0.15) is 24.0 Å². The molecule has 0 bridgehead atoms. The fourth-order valence-electron chi connectivity index (χ4n) is 3.20. The van der Waals surface area contributed by atoms with Gasteiger partial charge in [-0.1, -0.05) is 30.3 Å². The number of nitrogens with zero attached hydrogens (tertiary/aromatic N) is 1. The summed E-state index contributed by atoms with van der Waals surface area (Å²) in [7, 11) is 1.71. The van der Waals surface area contributed by atoms with E-state index in [0.717, 1.165) is 44.8 Å². The van der Waals surface area contributed by atoms with Gasteiger partial charge in [0.2, 0.25) is 0 Å². The van der Waals surface area contributed by atoms with E-state index in [-0.39, 0.29) is 0 Å². The average molecular weight is 327 g/mol. The van der Waals surface area contributed by atoms with Gasteiger partial charge in [-0.3, -0.25) is 4.90 Å². The van der Waals surface area contributed by atoms with E-state index in [2.05, 4.69) is 11.0 Å². The van der Waals surface area contributed by atoms with Crippen molar-refractivity contribution in [2.24, 2.45) is 0 Å². The van der Waals surface area contributed by atoms with Gasteiger partial charge in [0.1, 0.15) is 11.5 Å². The van der Waals surface area contributed by atoms with Crippen molar-refractivity contribution in [2.75, 3.05) is 20.3 Å². The van der Waals surface area contributed by atoms with Crippen LogP contribution in [0, 0.1) is 0 Å². The zero-order valence-corrected chi connectivity index (χ0v) is 14.1. The molecule has 1 saturated heterocycles. The fraction of sp³-hybridized carbons (Fsp3) is 0.400. The quantitative estimate of drug-likeness (QED) is 0.844. The molecule has 1 fully saturated rings. The minimum atomic E-state index is 0.300. The smallest absolute Gasteiger partial charge is 0.123 e. The maximum atomic E-state index is 9.47. The molecule has 0 spiro atoms. The zero-order valence-electron chi connectivity index (χ0n) is 14.1. The molecule has 4 nitrogen and oxygen atoms in total. The topological polar surface area (TPSA) is 41.9 Å². The summed E-state index contributed by atoms with van der Waals surface area (Å²) in [6.45, 7) is 3.40. The summed E-state index contributed by atoms with van der Waals surface area (Å²) in [6, 6.07) is 15.6. The Morgan fingerprint density at radius 1 is 1.12 bits per heavy atom. The zero-order chi connectivity index (χ0) is 16.8. The molecular formula is C20H25NO3. The van der Waals surface area contributed by atoms with Crippen LogP contribution >= 0.6 is 0 Å². The van der Waals surface area contributed by atoms with Crippen LogP contribution in [0.15, 0.2) is 48.5 Å². The van der Waals surface area contributed by atoms with Crippen molar-refractivity contribution in [3.8, 4) is 11.5 Å². The highest BCUT2D eigenvalue weighted by atomic mass is 16.5. The first-order valence-corrected chi connectivity index (χ1v) is 8.48. The monoisotopic (exact) mass is 327 g/mol. The molecule has 1 aliphatic heterocycles. The Morgan fingerprint density at radius 2 is 1.92 bits per heavy atom. The van der Waals surface area contributed by atoms with Crippen LogP contribution in [-0.4, -0.2) is 36.4 Å². The third-order valence-electron chi connectivity index (χ3n) is 4.41. The number of rotatable bonds is 7. The molecule has 1 atom stereocenters. The fourth-order valence-corrected chi connectivity index (χ4v) is 3.20. The molecule has 4 heteroatoms. The lowest BCUT2D eigenvalue weighted by Crippen LogP contribution is -2.31. The Balaban J connectivity index is 1.74. The SMILES string of the molecule is COc1ccccc1CN(Cc1ccc(O)cc1)CC1CCCO1. The Hall–Kier alpha value is -2.04. The van der Waals surface area contributed by atoms with E-state index in [0.29, 0.717) is 11.9 Å². The minimum absolute atomic E-state index is 0.300. The van der Waals surface area contributed by atoms with Crippen LogP contribution in [0.3, 0.4) is 0 Å². The Kier molecular flexibility index (Phi) is 5.72. The van der Waals surface area contributed by atoms with Gasteiger partial charge in [-0.05, 0) is 36.6 Å². The van der Waals surface area contributed by atoms with E-state index in [1.54, 1.807) is 19.2 Å². The van der Waals surface area contributed by atoms with Gasteiger partial charge in [-0.15, -0.1) is 0 Å². The maximum absolute atomic E-state index is 9.47. The number of aromatic hydroxyl groups is 1. The van der Waals surface area contributed by atoms with E-state index in [1.807, 2.05) is 30.3 Å².